The van der Waals surface area contributed by atoms with E-state index in [9.17, 15) is 0 Å². The topological polar surface area (TPSA) is 0 Å². The van der Waals surface area contributed by atoms with Crippen molar-refractivity contribution < 1.29 is 0 Å². The molecule has 1 rings (SSSR count). The van der Waals surface area contributed by atoms with E-state index < -0.39 is 0 Å². The minimum Gasteiger partial charge on any atom is -0.0813 e. The van der Waals surface area contributed by atoms with Crippen LogP contribution < -0.4 is 0 Å². The molecule has 1 aliphatic carbocycles. The van der Waals surface area contributed by atoms with Crippen LogP contribution in [-0.4, -0.2) is 0 Å². The lowest BCUT2D eigenvalue weighted by Crippen LogP contribution is -1.95. The van der Waals surface area contributed by atoms with Crippen molar-refractivity contribution in [1.82, 2.24) is 0 Å². The van der Waals surface area contributed by atoms with Crippen LogP contribution >= 0.6 is 0 Å². The van der Waals surface area contributed by atoms with Crippen molar-refractivity contribution in [3.05, 3.63) is 22.8 Å². The highest BCUT2D eigenvalue weighted by atomic mass is 14.1. The zero-order valence-electron chi connectivity index (χ0n) is 7.91. The van der Waals surface area contributed by atoms with Gasteiger partial charge in [0.1, 0.15) is 0 Å². The average molecular weight is 150 g/mol. The Kier molecular flexibility index (Phi) is 2.92. The smallest absolute Gasteiger partial charge is 0.0134 e. The number of hydrogen-bond donors (Lipinski definition) is 0. The molecular formula is C11H18. The lowest BCUT2D eigenvalue weighted by Gasteiger charge is -2.15. The van der Waals surface area contributed by atoms with E-state index in [-0.39, 0.29) is 0 Å². The van der Waals surface area contributed by atoms with Gasteiger partial charge in [0.25, 0.3) is 0 Å². The lowest BCUT2D eigenvalue weighted by atomic mass is 9.91. The second-order valence-corrected chi connectivity index (χ2v) is 3.52. The van der Waals surface area contributed by atoms with Gasteiger partial charge in [0.2, 0.25) is 0 Å². The first-order chi connectivity index (χ1) is 5.24. The number of allylic oxidation sites excluding steroid dienone is 4. The van der Waals surface area contributed by atoms with E-state index in [1.807, 2.05) is 0 Å². The molecule has 0 atom stereocenters. The molecule has 0 aromatic rings. The third kappa shape index (κ3) is 2.21. The average Bonchev–Trinajstić information content (AvgIpc) is 2.05. The van der Waals surface area contributed by atoms with Crippen molar-refractivity contribution in [1.29, 1.82) is 0 Å². The van der Waals surface area contributed by atoms with Crippen molar-refractivity contribution >= 4 is 0 Å². The van der Waals surface area contributed by atoms with Gasteiger partial charge in [-0.15, -0.1) is 0 Å². The normalized spacial score (nSPS) is 18.1. The second kappa shape index (κ2) is 3.75. The van der Waals surface area contributed by atoms with Crippen molar-refractivity contribution in [2.24, 2.45) is 0 Å². The summed E-state index contributed by atoms with van der Waals surface area (Å²) in [6.45, 7) is 6.69. The highest BCUT2D eigenvalue weighted by Crippen LogP contribution is 2.26. The Labute approximate surface area is 70.0 Å². The largest absolute Gasteiger partial charge is 0.0813 e. The van der Waals surface area contributed by atoms with E-state index in [4.69, 9.17) is 0 Å². The lowest BCUT2D eigenvalue weighted by molar-refractivity contribution is 0.799. The Balaban J connectivity index is 2.62. The van der Waals surface area contributed by atoms with Crippen LogP contribution in [0.5, 0.6) is 0 Å². The van der Waals surface area contributed by atoms with Crippen LogP contribution in [0.25, 0.3) is 0 Å². The fourth-order valence-electron chi connectivity index (χ4n) is 1.56. The van der Waals surface area contributed by atoms with Gasteiger partial charge in [0, 0.05) is 0 Å². The third-order valence-corrected chi connectivity index (χ3v) is 2.55. The monoisotopic (exact) mass is 150 g/mol. The maximum atomic E-state index is 2.41. The van der Waals surface area contributed by atoms with Crippen LogP contribution in [-0.2, 0) is 0 Å². The third-order valence-electron chi connectivity index (χ3n) is 2.55. The highest BCUT2D eigenvalue weighted by molar-refractivity contribution is 5.21. The van der Waals surface area contributed by atoms with Crippen molar-refractivity contribution in [2.45, 2.75) is 46.5 Å². The predicted octanol–water partition coefficient (Wildman–Crippen LogP) is 3.84. The van der Waals surface area contributed by atoms with E-state index in [1.54, 1.807) is 11.1 Å². The van der Waals surface area contributed by atoms with Gasteiger partial charge in [-0.2, -0.15) is 0 Å². The van der Waals surface area contributed by atoms with Gasteiger partial charge < -0.3 is 0 Å². The maximum absolute atomic E-state index is 2.41. The van der Waals surface area contributed by atoms with E-state index in [1.165, 1.54) is 31.3 Å². The molecule has 0 nitrogen and oxygen atoms in total. The summed E-state index contributed by atoms with van der Waals surface area (Å²) in [7, 11) is 0. The van der Waals surface area contributed by atoms with E-state index in [0.717, 1.165) is 0 Å². The summed E-state index contributed by atoms with van der Waals surface area (Å²) in [5, 5.41) is 0. The fourth-order valence-corrected chi connectivity index (χ4v) is 1.56. The van der Waals surface area contributed by atoms with Crippen LogP contribution in [0.15, 0.2) is 22.8 Å². The molecule has 0 saturated heterocycles. The number of rotatable bonds is 1. The predicted molar refractivity (Wildman–Crippen MR) is 50.6 cm³/mol. The first-order valence-corrected chi connectivity index (χ1v) is 4.57. The van der Waals surface area contributed by atoms with E-state index >= 15 is 0 Å². The summed E-state index contributed by atoms with van der Waals surface area (Å²) in [6.07, 6.45) is 7.48. The molecule has 0 aromatic heterocycles. The molecule has 0 heteroatoms. The molecule has 1 aliphatic rings. The highest BCUT2D eigenvalue weighted by Gasteiger charge is 2.06. The molecule has 0 amide bonds. The molecule has 11 heavy (non-hydrogen) atoms. The molecule has 0 heterocycles. The van der Waals surface area contributed by atoms with Crippen LogP contribution in [0.4, 0.5) is 0 Å². The Morgan fingerprint density at radius 2 is 2.09 bits per heavy atom. The molecule has 0 spiro atoms. The van der Waals surface area contributed by atoms with Gasteiger partial charge in [0.15, 0.2) is 0 Å². The fraction of sp³-hybridized carbons (Fsp3) is 0.636. The summed E-state index contributed by atoms with van der Waals surface area (Å²) in [4.78, 5) is 0. The first-order valence-electron chi connectivity index (χ1n) is 4.57. The summed E-state index contributed by atoms with van der Waals surface area (Å²) in [6, 6.07) is 0. The molecule has 0 N–H and O–H groups in total. The van der Waals surface area contributed by atoms with Gasteiger partial charge in [-0.1, -0.05) is 29.7 Å². The van der Waals surface area contributed by atoms with Gasteiger partial charge in [0.05, 0.1) is 0 Å². The van der Waals surface area contributed by atoms with Gasteiger partial charge in [-0.25, -0.2) is 0 Å². The van der Waals surface area contributed by atoms with Crippen LogP contribution in [0.2, 0.25) is 0 Å². The van der Waals surface area contributed by atoms with Gasteiger partial charge in [-0.3, -0.25) is 0 Å². The summed E-state index contributed by atoms with van der Waals surface area (Å²) in [5.41, 5.74) is 4.83. The quantitative estimate of drug-likeness (QED) is 0.498. The molecule has 62 valence electrons. The summed E-state index contributed by atoms with van der Waals surface area (Å²) < 4.78 is 0. The number of hydrogen-bond acceptors (Lipinski definition) is 0. The zero-order chi connectivity index (χ0) is 8.27. The molecule has 0 radical (unpaired) electrons. The van der Waals surface area contributed by atoms with Crippen molar-refractivity contribution in [3.63, 3.8) is 0 Å². The summed E-state index contributed by atoms with van der Waals surface area (Å²) in [5.74, 6) is 0. The van der Waals surface area contributed by atoms with Crippen LogP contribution in [0.3, 0.4) is 0 Å². The molecule has 0 fully saturated rings. The minimum atomic E-state index is 1.21. The van der Waals surface area contributed by atoms with Crippen LogP contribution in [0.1, 0.15) is 46.5 Å². The zero-order valence-corrected chi connectivity index (χ0v) is 7.91. The Morgan fingerprint density at radius 1 is 1.36 bits per heavy atom. The SMILES string of the molecule is CCC1=CCC(=C(C)C)CC1. The van der Waals surface area contributed by atoms with Gasteiger partial charge >= 0.3 is 0 Å². The van der Waals surface area contributed by atoms with Crippen molar-refractivity contribution in [2.75, 3.05) is 0 Å². The van der Waals surface area contributed by atoms with Gasteiger partial charge in [-0.05, 0) is 39.5 Å². The Bertz CT molecular complexity index is 190. The molecule has 0 bridgehead atoms. The Hall–Kier alpha value is -0.520. The van der Waals surface area contributed by atoms with Crippen LogP contribution in [0, 0.1) is 0 Å². The summed E-state index contributed by atoms with van der Waals surface area (Å²) >= 11 is 0. The second-order valence-electron chi connectivity index (χ2n) is 3.52. The molecular weight excluding hydrogens is 132 g/mol. The van der Waals surface area contributed by atoms with E-state index in [2.05, 4.69) is 26.8 Å². The van der Waals surface area contributed by atoms with E-state index in [0.29, 0.717) is 0 Å². The first kappa shape index (κ1) is 8.58. The Morgan fingerprint density at radius 3 is 2.45 bits per heavy atom. The molecule has 0 aliphatic heterocycles. The minimum absolute atomic E-state index is 1.21. The molecule has 0 unspecified atom stereocenters. The van der Waals surface area contributed by atoms with Crippen molar-refractivity contribution in [3.8, 4) is 0 Å². The molecule has 0 saturated carbocycles. The standard InChI is InChI=1S/C11H18/c1-4-10-5-7-11(8-6-10)9(2)3/h5H,4,6-8H2,1-3H3. The maximum Gasteiger partial charge on any atom is -0.0134 e. The molecule has 0 aromatic carbocycles.